The molecule has 10 rings (SSSR count). The number of benzene rings is 8. The molecule has 234 valence electrons. The van der Waals surface area contributed by atoms with Gasteiger partial charge in [0.15, 0.2) is 0 Å². The first-order valence-electron chi connectivity index (χ1n) is 17.2. The van der Waals surface area contributed by atoms with Gasteiger partial charge >= 0.3 is 0 Å². The topological polar surface area (TPSA) is 9.86 Å². The Balaban J connectivity index is 1.29. The molecule has 0 saturated heterocycles. The highest BCUT2D eigenvalue weighted by molar-refractivity contribution is 6.16. The van der Waals surface area contributed by atoms with Crippen molar-refractivity contribution in [2.24, 2.45) is 0 Å². The third kappa shape index (κ3) is 4.43. The van der Waals surface area contributed by atoms with Crippen molar-refractivity contribution in [2.45, 2.75) is 0 Å². The fraction of sp³-hybridized carbons (Fsp3) is 0. The van der Waals surface area contributed by atoms with Crippen LogP contribution in [-0.4, -0.2) is 9.13 Å². The fourth-order valence-electron chi connectivity index (χ4n) is 7.89. The van der Waals surface area contributed by atoms with E-state index in [1.165, 1.54) is 82.7 Å². The Morgan fingerprint density at radius 2 is 0.840 bits per heavy atom. The van der Waals surface area contributed by atoms with E-state index in [1.807, 2.05) is 0 Å². The van der Waals surface area contributed by atoms with Gasteiger partial charge in [0.25, 0.3) is 0 Å². The lowest BCUT2D eigenvalue weighted by molar-refractivity contribution is 1.18. The Bertz CT molecular complexity index is 2840. The molecule has 0 fully saturated rings. The number of fused-ring (bicyclic) bond motifs is 6. The minimum Gasteiger partial charge on any atom is -0.309 e. The van der Waals surface area contributed by atoms with Gasteiger partial charge in [0.2, 0.25) is 0 Å². The van der Waals surface area contributed by atoms with Crippen molar-refractivity contribution in [3.63, 3.8) is 0 Å². The summed E-state index contributed by atoms with van der Waals surface area (Å²) in [6.45, 7) is 0. The smallest absolute Gasteiger partial charge is 0.0619 e. The van der Waals surface area contributed by atoms with E-state index in [4.69, 9.17) is 0 Å². The molecule has 0 amide bonds. The van der Waals surface area contributed by atoms with Gasteiger partial charge in [-0.1, -0.05) is 152 Å². The molecule has 0 atom stereocenters. The Hall–Kier alpha value is -6.64. The molecule has 2 aromatic heterocycles. The number of rotatable bonds is 5. The van der Waals surface area contributed by atoms with Gasteiger partial charge in [0, 0.05) is 38.4 Å². The predicted molar refractivity (Wildman–Crippen MR) is 211 cm³/mol. The second-order valence-electron chi connectivity index (χ2n) is 12.9. The van der Waals surface area contributed by atoms with E-state index < -0.39 is 0 Å². The quantitative estimate of drug-likeness (QED) is 0.178. The van der Waals surface area contributed by atoms with Gasteiger partial charge in [-0.25, -0.2) is 0 Å². The maximum absolute atomic E-state index is 2.51. The summed E-state index contributed by atoms with van der Waals surface area (Å²) in [4.78, 5) is 0. The molecular formula is C48H32N2. The molecule has 10 aromatic rings. The standard InChI is InChI=1S/C48H32N2/c1-4-15-33(16-5-1)35-27-29-38(34-17-6-2-7-18-34)47(32-35)50-45-26-13-10-21-40(45)42-24-14-23-39(48(42)50)36-28-30-46-43(31-36)41-22-11-12-25-44(41)49(46)37-19-8-3-9-20-37/h1-32H. The zero-order chi connectivity index (χ0) is 33.0. The van der Waals surface area contributed by atoms with Gasteiger partial charge in [0.05, 0.1) is 27.8 Å². The molecule has 50 heavy (non-hydrogen) atoms. The number of aromatic nitrogens is 2. The molecule has 0 spiro atoms. The van der Waals surface area contributed by atoms with Crippen LogP contribution in [0.15, 0.2) is 194 Å². The highest BCUT2D eigenvalue weighted by atomic mass is 15.0. The van der Waals surface area contributed by atoms with Crippen molar-refractivity contribution < 1.29 is 0 Å². The van der Waals surface area contributed by atoms with Crippen LogP contribution in [0, 0.1) is 0 Å². The highest BCUT2D eigenvalue weighted by Gasteiger charge is 2.21. The predicted octanol–water partition coefficient (Wildman–Crippen LogP) is 12.9. The number of hydrogen-bond donors (Lipinski definition) is 0. The second kappa shape index (κ2) is 11.5. The van der Waals surface area contributed by atoms with Gasteiger partial charge in [-0.3, -0.25) is 0 Å². The summed E-state index contributed by atoms with van der Waals surface area (Å²) in [5.41, 5.74) is 14.3. The third-order valence-electron chi connectivity index (χ3n) is 10.1. The molecule has 0 radical (unpaired) electrons. The van der Waals surface area contributed by atoms with Crippen LogP contribution in [-0.2, 0) is 0 Å². The van der Waals surface area contributed by atoms with Crippen LogP contribution >= 0.6 is 0 Å². The molecule has 2 nitrogen and oxygen atoms in total. The largest absolute Gasteiger partial charge is 0.309 e. The van der Waals surface area contributed by atoms with Crippen LogP contribution in [0.3, 0.4) is 0 Å². The van der Waals surface area contributed by atoms with Gasteiger partial charge in [-0.2, -0.15) is 0 Å². The summed E-state index contributed by atoms with van der Waals surface area (Å²) in [7, 11) is 0. The molecule has 0 unspecified atom stereocenters. The monoisotopic (exact) mass is 636 g/mol. The summed E-state index contributed by atoms with van der Waals surface area (Å²) in [5, 5.41) is 4.99. The van der Waals surface area contributed by atoms with Gasteiger partial charge < -0.3 is 9.13 Å². The van der Waals surface area contributed by atoms with Crippen molar-refractivity contribution in [3.05, 3.63) is 194 Å². The van der Waals surface area contributed by atoms with Crippen LogP contribution in [0.5, 0.6) is 0 Å². The molecule has 8 aromatic carbocycles. The number of nitrogens with zero attached hydrogens (tertiary/aromatic N) is 2. The van der Waals surface area contributed by atoms with E-state index in [0.717, 1.165) is 5.69 Å². The SMILES string of the molecule is c1ccc(-c2ccc(-c3ccccc3)c(-n3c4ccccc4c4cccc(-c5ccc6c(c5)c5ccccc5n6-c5ccccc5)c43)c2)cc1. The maximum Gasteiger partial charge on any atom is 0.0619 e. The van der Waals surface area contributed by atoms with Crippen molar-refractivity contribution in [3.8, 4) is 44.8 Å². The molecule has 0 aliphatic rings. The first kappa shape index (κ1) is 28.4. The maximum atomic E-state index is 2.51. The molecular weight excluding hydrogens is 605 g/mol. The van der Waals surface area contributed by atoms with Crippen LogP contribution in [0.4, 0.5) is 0 Å². The lowest BCUT2D eigenvalue weighted by Crippen LogP contribution is -1.99. The van der Waals surface area contributed by atoms with Crippen molar-refractivity contribution >= 4 is 43.6 Å². The Labute approximate surface area is 290 Å². The first-order chi connectivity index (χ1) is 24.8. The zero-order valence-electron chi connectivity index (χ0n) is 27.4. The number of hydrogen-bond acceptors (Lipinski definition) is 0. The molecule has 0 bridgehead atoms. The minimum absolute atomic E-state index is 1.16. The summed E-state index contributed by atoms with van der Waals surface area (Å²) in [5.74, 6) is 0. The first-order valence-corrected chi connectivity index (χ1v) is 17.2. The van der Waals surface area contributed by atoms with Gasteiger partial charge in [-0.15, -0.1) is 0 Å². The average Bonchev–Trinajstić information content (AvgIpc) is 3.71. The third-order valence-corrected chi connectivity index (χ3v) is 10.1. The van der Waals surface area contributed by atoms with Crippen molar-refractivity contribution in [1.82, 2.24) is 9.13 Å². The fourth-order valence-corrected chi connectivity index (χ4v) is 7.89. The zero-order valence-corrected chi connectivity index (χ0v) is 27.4. The van der Waals surface area contributed by atoms with E-state index in [9.17, 15) is 0 Å². The van der Waals surface area contributed by atoms with E-state index in [0.29, 0.717) is 0 Å². The molecule has 0 aliphatic heterocycles. The molecule has 0 aliphatic carbocycles. The van der Waals surface area contributed by atoms with E-state index in [1.54, 1.807) is 0 Å². The summed E-state index contributed by atoms with van der Waals surface area (Å²) < 4.78 is 4.89. The second-order valence-corrected chi connectivity index (χ2v) is 12.9. The van der Waals surface area contributed by atoms with E-state index in [2.05, 4.69) is 203 Å². The lowest BCUT2D eigenvalue weighted by atomic mass is 9.97. The van der Waals surface area contributed by atoms with E-state index in [-0.39, 0.29) is 0 Å². The average molecular weight is 637 g/mol. The molecule has 0 saturated carbocycles. The van der Waals surface area contributed by atoms with Crippen LogP contribution < -0.4 is 0 Å². The summed E-state index contributed by atoms with van der Waals surface area (Å²) in [6, 6.07) is 70.4. The molecule has 2 heteroatoms. The Kier molecular flexibility index (Phi) is 6.53. The van der Waals surface area contributed by atoms with Gasteiger partial charge in [0.1, 0.15) is 0 Å². The van der Waals surface area contributed by atoms with Crippen molar-refractivity contribution in [1.29, 1.82) is 0 Å². The van der Waals surface area contributed by atoms with E-state index >= 15 is 0 Å². The lowest BCUT2D eigenvalue weighted by Gasteiger charge is -2.18. The number of para-hydroxylation sites is 4. The highest BCUT2D eigenvalue weighted by Crippen LogP contribution is 2.43. The molecule has 0 N–H and O–H groups in total. The summed E-state index contributed by atoms with van der Waals surface area (Å²) in [6.07, 6.45) is 0. The normalized spacial score (nSPS) is 11.6. The molecule has 2 heterocycles. The van der Waals surface area contributed by atoms with Crippen LogP contribution in [0.2, 0.25) is 0 Å². The minimum atomic E-state index is 1.16. The Morgan fingerprint density at radius 1 is 0.280 bits per heavy atom. The van der Waals surface area contributed by atoms with Crippen molar-refractivity contribution in [2.75, 3.05) is 0 Å². The summed E-state index contributed by atoms with van der Waals surface area (Å²) >= 11 is 0. The van der Waals surface area contributed by atoms with Crippen LogP contribution in [0.1, 0.15) is 0 Å². The van der Waals surface area contributed by atoms with Gasteiger partial charge in [-0.05, 0) is 64.7 Å². The van der Waals surface area contributed by atoms with Crippen LogP contribution in [0.25, 0.3) is 88.4 Å². The Morgan fingerprint density at radius 3 is 1.58 bits per heavy atom.